The average molecular weight is 288 g/mol. The molecule has 0 heterocycles. The van der Waals surface area contributed by atoms with Crippen LogP contribution in [0.25, 0.3) is 0 Å². The van der Waals surface area contributed by atoms with E-state index in [-0.39, 0.29) is 5.92 Å². The molecular formula is C20H32O. The van der Waals surface area contributed by atoms with Gasteiger partial charge in [-0.3, -0.25) is 0 Å². The Hall–Kier alpha value is -1.08. The summed E-state index contributed by atoms with van der Waals surface area (Å²) in [5.74, 6) is 0.170. The summed E-state index contributed by atoms with van der Waals surface area (Å²) in [7, 11) is 0. The minimum Gasteiger partial charge on any atom is -0.388 e. The molecule has 0 saturated heterocycles. The number of allylic oxidation sites excluding steroid dienone is 5. The summed E-state index contributed by atoms with van der Waals surface area (Å²) in [6.45, 7) is 12.7. The maximum atomic E-state index is 10.5. The van der Waals surface area contributed by atoms with Crippen LogP contribution >= 0.6 is 0 Å². The minimum atomic E-state index is -0.400. The maximum absolute atomic E-state index is 10.5. The second-order valence-corrected chi connectivity index (χ2v) is 6.67. The smallest absolute Gasteiger partial charge is 0.0788 e. The molecule has 0 saturated carbocycles. The molecule has 0 aromatic rings. The van der Waals surface area contributed by atoms with Crippen LogP contribution in [0.2, 0.25) is 0 Å². The van der Waals surface area contributed by atoms with Gasteiger partial charge in [0.25, 0.3) is 0 Å². The summed E-state index contributed by atoms with van der Waals surface area (Å²) in [4.78, 5) is 0. The van der Waals surface area contributed by atoms with Gasteiger partial charge in [-0.1, -0.05) is 47.1 Å². The van der Waals surface area contributed by atoms with Gasteiger partial charge in [0.1, 0.15) is 0 Å². The van der Waals surface area contributed by atoms with Crippen LogP contribution in [-0.2, 0) is 0 Å². The molecule has 0 unspecified atom stereocenters. The van der Waals surface area contributed by atoms with E-state index in [1.54, 1.807) is 0 Å². The Morgan fingerprint density at radius 3 is 2.10 bits per heavy atom. The lowest BCUT2D eigenvalue weighted by atomic mass is 9.87. The molecule has 1 nitrogen and oxygen atoms in total. The van der Waals surface area contributed by atoms with Crippen molar-refractivity contribution in [3.8, 4) is 0 Å². The number of hydrogen-bond acceptors (Lipinski definition) is 1. The van der Waals surface area contributed by atoms with E-state index >= 15 is 0 Å². The van der Waals surface area contributed by atoms with Crippen molar-refractivity contribution in [2.24, 2.45) is 5.92 Å². The van der Waals surface area contributed by atoms with Crippen molar-refractivity contribution in [2.45, 2.75) is 72.3 Å². The summed E-state index contributed by atoms with van der Waals surface area (Å²) in [6.07, 6.45) is 12.8. The Labute approximate surface area is 131 Å². The van der Waals surface area contributed by atoms with Gasteiger partial charge in [-0.15, -0.1) is 0 Å². The molecule has 0 fully saturated rings. The monoisotopic (exact) mass is 288 g/mol. The van der Waals surface area contributed by atoms with Gasteiger partial charge in [-0.2, -0.15) is 0 Å². The summed E-state index contributed by atoms with van der Waals surface area (Å²) in [5, 5.41) is 10.5. The molecule has 0 amide bonds. The van der Waals surface area contributed by atoms with Crippen molar-refractivity contribution < 1.29 is 5.11 Å². The Morgan fingerprint density at radius 1 is 1.00 bits per heavy atom. The van der Waals surface area contributed by atoms with Crippen LogP contribution < -0.4 is 0 Å². The highest BCUT2D eigenvalue weighted by Crippen LogP contribution is 2.25. The standard InChI is InChI=1S/C20H32O/c1-15(2)19-13-12-17(4)10-6-8-16(3)9-7-11-18(5)14-20(19)21/h9-10,14,19-21H,1,6-8,11-13H2,2-5H3/t19-,20-/m1/s1. The normalized spacial score (nSPS) is 26.2. The van der Waals surface area contributed by atoms with Crippen molar-refractivity contribution in [1.29, 1.82) is 0 Å². The highest BCUT2D eigenvalue weighted by atomic mass is 16.3. The molecule has 0 aromatic heterocycles. The summed E-state index contributed by atoms with van der Waals surface area (Å²) < 4.78 is 0. The lowest BCUT2D eigenvalue weighted by molar-refractivity contribution is 0.165. The predicted molar refractivity (Wildman–Crippen MR) is 93.3 cm³/mol. The molecule has 0 aliphatic heterocycles. The molecular weight excluding hydrogens is 256 g/mol. The Bertz CT molecular complexity index is 437. The molecule has 21 heavy (non-hydrogen) atoms. The first-order valence-corrected chi connectivity index (χ1v) is 8.22. The molecule has 1 heteroatoms. The first-order chi connectivity index (χ1) is 9.90. The zero-order valence-corrected chi connectivity index (χ0v) is 14.3. The van der Waals surface area contributed by atoms with Gasteiger partial charge >= 0.3 is 0 Å². The van der Waals surface area contributed by atoms with E-state index in [1.807, 2.05) is 13.0 Å². The van der Waals surface area contributed by atoms with Crippen LogP contribution in [0.15, 0.2) is 47.1 Å². The van der Waals surface area contributed by atoms with Crippen molar-refractivity contribution in [2.75, 3.05) is 0 Å². The van der Waals surface area contributed by atoms with E-state index in [4.69, 9.17) is 0 Å². The molecule has 0 radical (unpaired) electrons. The summed E-state index contributed by atoms with van der Waals surface area (Å²) >= 11 is 0. The lowest BCUT2D eigenvalue weighted by Crippen LogP contribution is -2.19. The molecule has 1 rings (SSSR count). The summed E-state index contributed by atoms with van der Waals surface area (Å²) in [6, 6.07) is 0. The van der Waals surface area contributed by atoms with E-state index in [0.717, 1.165) is 44.1 Å². The first-order valence-electron chi connectivity index (χ1n) is 8.22. The van der Waals surface area contributed by atoms with Crippen LogP contribution in [0.4, 0.5) is 0 Å². The zero-order valence-electron chi connectivity index (χ0n) is 14.3. The third-order valence-electron chi connectivity index (χ3n) is 4.41. The van der Waals surface area contributed by atoms with E-state index in [0.29, 0.717) is 0 Å². The minimum absolute atomic E-state index is 0.170. The number of aliphatic hydroxyl groups excluding tert-OH is 1. The lowest BCUT2D eigenvalue weighted by Gasteiger charge is -2.22. The first kappa shape index (κ1) is 18.0. The van der Waals surface area contributed by atoms with Gasteiger partial charge in [0.15, 0.2) is 0 Å². The molecule has 0 bridgehead atoms. The molecule has 1 aliphatic carbocycles. The van der Waals surface area contributed by atoms with Gasteiger partial charge < -0.3 is 5.11 Å². The van der Waals surface area contributed by atoms with Gasteiger partial charge in [-0.25, -0.2) is 0 Å². The van der Waals surface area contributed by atoms with Gasteiger partial charge in [-0.05, 0) is 66.2 Å². The third kappa shape index (κ3) is 6.95. The van der Waals surface area contributed by atoms with Crippen molar-refractivity contribution in [3.05, 3.63) is 47.1 Å². The van der Waals surface area contributed by atoms with Crippen LogP contribution in [0, 0.1) is 5.92 Å². The molecule has 118 valence electrons. The van der Waals surface area contributed by atoms with Gasteiger partial charge in [0.05, 0.1) is 6.10 Å². The van der Waals surface area contributed by atoms with Crippen molar-refractivity contribution in [3.63, 3.8) is 0 Å². The average Bonchev–Trinajstić information content (AvgIpc) is 2.37. The fourth-order valence-electron chi connectivity index (χ4n) is 2.88. The largest absolute Gasteiger partial charge is 0.388 e. The second kappa shape index (κ2) is 9.04. The highest BCUT2D eigenvalue weighted by molar-refractivity contribution is 5.13. The van der Waals surface area contributed by atoms with E-state index in [2.05, 4.69) is 39.5 Å². The molecule has 1 N–H and O–H groups in total. The Morgan fingerprint density at radius 2 is 1.52 bits per heavy atom. The maximum Gasteiger partial charge on any atom is 0.0788 e. The second-order valence-electron chi connectivity index (χ2n) is 6.67. The van der Waals surface area contributed by atoms with Crippen LogP contribution in [0.5, 0.6) is 0 Å². The van der Waals surface area contributed by atoms with Crippen LogP contribution in [0.1, 0.15) is 66.2 Å². The third-order valence-corrected chi connectivity index (χ3v) is 4.41. The molecule has 0 aromatic carbocycles. The van der Waals surface area contributed by atoms with E-state index < -0.39 is 6.10 Å². The fraction of sp³-hybridized carbons (Fsp3) is 0.600. The Kier molecular flexibility index (Phi) is 7.74. The zero-order chi connectivity index (χ0) is 15.8. The molecule has 1 aliphatic rings. The SMILES string of the molecule is C=C(C)[C@H]1CCC(C)=CCCC(C)=CCCC(C)=C[C@H]1O. The topological polar surface area (TPSA) is 20.2 Å². The van der Waals surface area contributed by atoms with E-state index in [9.17, 15) is 5.11 Å². The van der Waals surface area contributed by atoms with Gasteiger partial charge in [0.2, 0.25) is 0 Å². The predicted octanol–water partition coefficient (Wildman–Crippen LogP) is 5.73. The molecule has 0 spiro atoms. The highest BCUT2D eigenvalue weighted by Gasteiger charge is 2.18. The number of rotatable bonds is 1. The van der Waals surface area contributed by atoms with Crippen LogP contribution in [0.3, 0.4) is 0 Å². The van der Waals surface area contributed by atoms with Crippen molar-refractivity contribution >= 4 is 0 Å². The molecule has 2 atom stereocenters. The van der Waals surface area contributed by atoms with Crippen LogP contribution in [-0.4, -0.2) is 11.2 Å². The fourth-order valence-corrected chi connectivity index (χ4v) is 2.88. The Balaban J connectivity index is 2.90. The summed E-state index contributed by atoms with van der Waals surface area (Å²) in [5.41, 5.74) is 5.27. The number of aliphatic hydroxyl groups is 1. The van der Waals surface area contributed by atoms with Crippen molar-refractivity contribution in [1.82, 2.24) is 0 Å². The number of hydrogen-bond donors (Lipinski definition) is 1. The van der Waals surface area contributed by atoms with Gasteiger partial charge in [0, 0.05) is 5.92 Å². The van der Waals surface area contributed by atoms with E-state index in [1.165, 1.54) is 16.7 Å². The quantitative estimate of drug-likeness (QED) is 0.611.